The summed E-state index contributed by atoms with van der Waals surface area (Å²) in [4.78, 5) is 0. The van der Waals surface area contributed by atoms with E-state index in [1.54, 1.807) is 0 Å². The Morgan fingerprint density at radius 2 is 1.80 bits per heavy atom. The molecule has 1 heterocycles. The summed E-state index contributed by atoms with van der Waals surface area (Å²) in [6.07, 6.45) is 1.86. The molecule has 1 aromatic carbocycles. The van der Waals surface area contributed by atoms with Crippen molar-refractivity contribution >= 4 is 11.3 Å². The Morgan fingerprint density at radius 1 is 1.20 bits per heavy atom. The first-order valence-electron chi connectivity index (χ1n) is 5.16. The quantitative estimate of drug-likeness (QED) is 0.717. The third kappa shape index (κ3) is 2.65. The SMILES string of the molecule is O=S([O-])N1CCC(c2ccccc2)CC1. The van der Waals surface area contributed by atoms with Crippen molar-refractivity contribution in [3.8, 4) is 0 Å². The maximum Gasteiger partial charge on any atom is 0.0209 e. The molecular formula is C11H14NO2S-. The molecule has 1 saturated heterocycles. The van der Waals surface area contributed by atoms with Gasteiger partial charge in [0.25, 0.3) is 0 Å². The number of rotatable bonds is 2. The predicted octanol–water partition coefficient (Wildman–Crippen LogP) is 1.66. The van der Waals surface area contributed by atoms with Crippen molar-refractivity contribution in [1.29, 1.82) is 0 Å². The van der Waals surface area contributed by atoms with Gasteiger partial charge in [0.15, 0.2) is 0 Å². The van der Waals surface area contributed by atoms with Crippen LogP contribution in [0.4, 0.5) is 0 Å². The molecule has 82 valence electrons. The summed E-state index contributed by atoms with van der Waals surface area (Å²) in [5.74, 6) is 0.519. The third-order valence-electron chi connectivity index (χ3n) is 2.94. The number of nitrogens with zero attached hydrogens (tertiary/aromatic N) is 1. The molecule has 1 aromatic rings. The zero-order valence-corrected chi connectivity index (χ0v) is 9.28. The maximum absolute atomic E-state index is 10.7. The minimum Gasteiger partial charge on any atom is -0.760 e. The van der Waals surface area contributed by atoms with Crippen molar-refractivity contribution in [2.75, 3.05) is 13.1 Å². The molecule has 1 atom stereocenters. The van der Waals surface area contributed by atoms with Crippen molar-refractivity contribution in [2.45, 2.75) is 18.8 Å². The van der Waals surface area contributed by atoms with Crippen LogP contribution >= 0.6 is 0 Å². The van der Waals surface area contributed by atoms with E-state index in [2.05, 4.69) is 12.1 Å². The van der Waals surface area contributed by atoms with Gasteiger partial charge in [-0.3, -0.25) is 4.21 Å². The second-order valence-electron chi connectivity index (χ2n) is 3.83. The van der Waals surface area contributed by atoms with Crippen LogP contribution in [0, 0.1) is 0 Å². The Morgan fingerprint density at radius 3 is 2.33 bits per heavy atom. The van der Waals surface area contributed by atoms with Crippen LogP contribution < -0.4 is 0 Å². The highest BCUT2D eigenvalue weighted by Gasteiger charge is 2.20. The third-order valence-corrected chi connectivity index (χ3v) is 3.72. The Bertz CT molecular complexity index is 334. The smallest absolute Gasteiger partial charge is 0.0209 e. The van der Waals surface area contributed by atoms with Crippen molar-refractivity contribution < 1.29 is 8.76 Å². The van der Waals surface area contributed by atoms with Crippen molar-refractivity contribution in [1.82, 2.24) is 4.31 Å². The first-order valence-corrected chi connectivity index (χ1v) is 6.20. The van der Waals surface area contributed by atoms with E-state index < -0.39 is 11.3 Å². The van der Waals surface area contributed by atoms with E-state index in [4.69, 9.17) is 0 Å². The van der Waals surface area contributed by atoms with Crippen molar-refractivity contribution in [3.63, 3.8) is 0 Å². The lowest BCUT2D eigenvalue weighted by molar-refractivity contribution is 0.309. The summed E-state index contributed by atoms with van der Waals surface area (Å²) in [6.45, 7) is 1.30. The van der Waals surface area contributed by atoms with E-state index in [0.717, 1.165) is 12.8 Å². The molecule has 3 nitrogen and oxygen atoms in total. The van der Waals surface area contributed by atoms with E-state index in [0.29, 0.717) is 19.0 Å². The first kappa shape index (κ1) is 10.8. The van der Waals surface area contributed by atoms with Gasteiger partial charge in [-0.25, -0.2) is 4.31 Å². The molecule has 0 aliphatic carbocycles. The molecule has 0 saturated carbocycles. The molecule has 0 bridgehead atoms. The van der Waals surface area contributed by atoms with E-state index in [1.807, 2.05) is 18.2 Å². The molecule has 0 amide bonds. The van der Waals surface area contributed by atoms with Crippen LogP contribution in [-0.4, -0.2) is 26.2 Å². The summed E-state index contributed by atoms with van der Waals surface area (Å²) >= 11 is -2.04. The monoisotopic (exact) mass is 224 g/mol. The Kier molecular flexibility index (Phi) is 3.51. The normalized spacial score (nSPS) is 21.4. The average molecular weight is 224 g/mol. The largest absolute Gasteiger partial charge is 0.760 e. The highest BCUT2D eigenvalue weighted by molar-refractivity contribution is 7.76. The Labute approximate surface area is 92.5 Å². The summed E-state index contributed by atoms with van der Waals surface area (Å²) in [5.41, 5.74) is 1.33. The van der Waals surface area contributed by atoms with Crippen molar-refractivity contribution in [3.05, 3.63) is 35.9 Å². The van der Waals surface area contributed by atoms with Crippen LogP contribution in [-0.2, 0) is 11.3 Å². The molecule has 4 heteroatoms. The van der Waals surface area contributed by atoms with Gasteiger partial charge in [-0.2, -0.15) is 0 Å². The molecule has 2 rings (SSSR count). The van der Waals surface area contributed by atoms with Crippen LogP contribution in [0.25, 0.3) is 0 Å². The fourth-order valence-electron chi connectivity index (χ4n) is 2.06. The van der Waals surface area contributed by atoms with E-state index in [9.17, 15) is 8.76 Å². The van der Waals surface area contributed by atoms with Gasteiger partial charge >= 0.3 is 0 Å². The van der Waals surface area contributed by atoms with Crippen LogP contribution in [0.3, 0.4) is 0 Å². The van der Waals surface area contributed by atoms with Crippen molar-refractivity contribution in [2.24, 2.45) is 0 Å². The lowest BCUT2D eigenvalue weighted by atomic mass is 9.90. The highest BCUT2D eigenvalue weighted by atomic mass is 32.2. The minimum absolute atomic E-state index is 0.519. The van der Waals surface area contributed by atoms with Crippen LogP contribution in [0.15, 0.2) is 30.3 Å². The Balaban J connectivity index is 1.97. The predicted molar refractivity (Wildman–Crippen MR) is 58.9 cm³/mol. The maximum atomic E-state index is 10.7. The molecule has 1 fully saturated rings. The first-order chi connectivity index (χ1) is 7.27. The van der Waals surface area contributed by atoms with Crippen LogP contribution in [0.1, 0.15) is 24.3 Å². The molecule has 0 radical (unpaired) electrons. The number of hydrogen-bond donors (Lipinski definition) is 0. The molecule has 1 unspecified atom stereocenters. The summed E-state index contributed by atoms with van der Waals surface area (Å²) in [5, 5.41) is 0. The van der Waals surface area contributed by atoms with Gasteiger partial charge in [0.1, 0.15) is 0 Å². The van der Waals surface area contributed by atoms with Gasteiger partial charge in [0.05, 0.1) is 0 Å². The summed E-state index contributed by atoms with van der Waals surface area (Å²) in [6, 6.07) is 10.3. The summed E-state index contributed by atoms with van der Waals surface area (Å²) in [7, 11) is 0. The van der Waals surface area contributed by atoms with Gasteiger partial charge in [-0.15, -0.1) is 0 Å². The molecule has 0 aromatic heterocycles. The molecular weight excluding hydrogens is 210 g/mol. The fourth-order valence-corrected chi connectivity index (χ4v) is 2.57. The lowest BCUT2D eigenvalue weighted by Crippen LogP contribution is -2.34. The van der Waals surface area contributed by atoms with Gasteiger partial charge in [-0.1, -0.05) is 30.3 Å². The fraction of sp³-hybridized carbons (Fsp3) is 0.455. The molecule has 0 spiro atoms. The number of hydrogen-bond acceptors (Lipinski definition) is 2. The molecule has 1 aliphatic heterocycles. The van der Waals surface area contributed by atoms with E-state index >= 15 is 0 Å². The van der Waals surface area contributed by atoms with Gasteiger partial charge < -0.3 is 4.55 Å². The van der Waals surface area contributed by atoms with Gasteiger partial charge in [0, 0.05) is 24.4 Å². The van der Waals surface area contributed by atoms with Gasteiger partial charge in [-0.05, 0) is 24.3 Å². The minimum atomic E-state index is -2.04. The summed E-state index contributed by atoms with van der Waals surface area (Å²) < 4.78 is 22.9. The molecule has 0 N–H and O–H groups in total. The molecule has 15 heavy (non-hydrogen) atoms. The number of benzene rings is 1. The zero-order chi connectivity index (χ0) is 10.7. The number of piperidine rings is 1. The van der Waals surface area contributed by atoms with Crippen LogP contribution in [0.2, 0.25) is 0 Å². The molecule has 1 aliphatic rings. The van der Waals surface area contributed by atoms with E-state index in [1.165, 1.54) is 9.87 Å². The van der Waals surface area contributed by atoms with Gasteiger partial charge in [0.2, 0.25) is 0 Å². The van der Waals surface area contributed by atoms with E-state index in [-0.39, 0.29) is 0 Å². The highest BCUT2D eigenvalue weighted by Crippen LogP contribution is 2.27. The standard InChI is InChI=1S/C11H15NO2S/c13-15(14)12-8-6-11(7-9-12)10-4-2-1-3-5-10/h1-5,11H,6-9H2,(H,13,14)/p-1. The average Bonchev–Trinajstić information content (AvgIpc) is 2.30. The Hall–Kier alpha value is -0.710. The lowest BCUT2D eigenvalue weighted by Gasteiger charge is -2.32. The second kappa shape index (κ2) is 4.88. The topological polar surface area (TPSA) is 43.4 Å². The van der Waals surface area contributed by atoms with Crippen LogP contribution in [0.5, 0.6) is 0 Å². The zero-order valence-electron chi connectivity index (χ0n) is 8.46. The second-order valence-corrected chi connectivity index (χ2v) is 4.78.